The third-order valence-corrected chi connectivity index (χ3v) is 8.08. The van der Waals surface area contributed by atoms with Crippen LogP contribution in [0, 0.1) is 27.1 Å². The number of carbonyl (C=O) groups excluding carboxylic acids is 5. The molecule has 16 heteroatoms. The summed E-state index contributed by atoms with van der Waals surface area (Å²) in [4.78, 5) is 64.6. The number of aliphatic hydroxyl groups is 3. The van der Waals surface area contributed by atoms with Crippen LogP contribution in [0.3, 0.4) is 0 Å². The third kappa shape index (κ3) is 12.6. The molecule has 2 rings (SSSR count). The Bertz CT molecular complexity index is 1310. The Kier molecular flexibility index (Phi) is 14.7. The van der Waals surface area contributed by atoms with Crippen molar-refractivity contribution in [2.45, 2.75) is 165 Å². The van der Waals surface area contributed by atoms with Crippen LogP contribution in [0.2, 0.25) is 0 Å². The Morgan fingerprint density at radius 1 is 0.434 bits per heavy atom. The molecule has 0 aromatic heterocycles. The maximum Gasteiger partial charge on any atom is 0.313 e. The van der Waals surface area contributed by atoms with Gasteiger partial charge < -0.3 is 53.2 Å². The number of carbonyl (C=O) groups is 5. The van der Waals surface area contributed by atoms with E-state index in [1.807, 2.05) is 0 Å². The van der Waals surface area contributed by atoms with Crippen molar-refractivity contribution >= 4 is 29.8 Å². The lowest BCUT2D eigenvalue weighted by molar-refractivity contribution is -0.358. The van der Waals surface area contributed by atoms with E-state index in [9.17, 15) is 39.3 Å². The molecule has 0 aliphatic carbocycles. The zero-order valence-corrected chi connectivity index (χ0v) is 33.8. The van der Waals surface area contributed by atoms with Gasteiger partial charge in [-0.25, -0.2) is 0 Å². The fourth-order valence-corrected chi connectivity index (χ4v) is 4.50. The highest BCUT2D eigenvalue weighted by Gasteiger charge is 2.55. The molecule has 2 fully saturated rings. The highest BCUT2D eigenvalue weighted by molar-refractivity contribution is 5.77. The largest absolute Gasteiger partial charge is 0.462 e. The molecule has 2 heterocycles. The number of ether oxygens (including phenoxy) is 8. The summed E-state index contributed by atoms with van der Waals surface area (Å²) in [5.41, 5.74) is -5.11. The predicted octanol–water partition coefficient (Wildman–Crippen LogP) is 2.59. The maximum absolute atomic E-state index is 13.1. The van der Waals surface area contributed by atoms with E-state index in [1.54, 1.807) is 104 Å². The van der Waals surface area contributed by atoms with Gasteiger partial charge in [-0.05, 0) is 104 Å². The second-order valence-electron chi connectivity index (χ2n) is 18.8. The Hall–Kier alpha value is -2.89. The second kappa shape index (κ2) is 16.9. The van der Waals surface area contributed by atoms with Crippen LogP contribution in [0.4, 0.5) is 0 Å². The van der Waals surface area contributed by atoms with Gasteiger partial charge in [-0.15, -0.1) is 0 Å². The van der Waals surface area contributed by atoms with Gasteiger partial charge in [0.2, 0.25) is 6.29 Å². The highest BCUT2D eigenvalue weighted by atomic mass is 16.8. The SMILES string of the molecule is CC(C)(C)C(=O)OC[C@H]1O[C@@H](O[C@H]2[C@H](O)[C@@H](OC(=O)C(C)(C)C)[C@H](OC(=O)C(C)(C)C)O[C@@H]2COC(=O)C(C)(C)C)[C@H](O)[C@@H](OC(=O)C(C)(C)C)[C@H]1O. The van der Waals surface area contributed by atoms with Crippen molar-refractivity contribution in [2.24, 2.45) is 27.1 Å². The topological polar surface area (TPSA) is 220 Å². The van der Waals surface area contributed by atoms with Crippen molar-refractivity contribution in [3.8, 4) is 0 Å². The number of esters is 5. The molecule has 0 bridgehead atoms. The smallest absolute Gasteiger partial charge is 0.313 e. The number of rotatable bonds is 9. The van der Waals surface area contributed by atoms with Crippen LogP contribution < -0.4 is 0 Å². The van der Waals surface area contributed by atoms with Gasteiger partial charge in [-0.3, -0.25) is 24.0 Å². The van der Waals surface area contributed by atoms with Gasteiger partial charge in [0.15, 0.2) is 18.5 Å². The van der Waals surface area contributed by atoms with Gasteiger partial charge in [0.25, 0.3) is 0 Å². The summed E-state index contributed by atoms with van der Waals surface area (Å²) in [5, 5.41) is 34.6. The summed E-state index contributed by atoms with van der Waals surface area (Å²) in [5.74, 6) is -3.67. The molecule has 0 unspecified atom stereocenters. The lowest BCUT2D eigenvalue weighted by Crippen LogP contribution is -2.66. The molecule has 2 aliphatic heterocycles. The van der Waals surface area contributed by atoms with E-state index in [4.69, 9.17) is 37.9 Å². The van der Waals surface area contributed by atoms with Crippen molar-refractivity contribution in [2.75, 3.05) is 13.2 Å². The van der Waals surface area contributed by atoms with Crippen LogP contribution in [0.15, 0.2) is 0 Å². The third-order valence-electron chi connectivity index (χ3n) is 8.08. The molecule has 2 saturated heterocycles. The molecule has 53 heavy (non-hydrogen) atoms. The standard InChI is InChI=1S/C37H62O16/c1-33(2,3)28(41)46-16-18-20(38)24(51-30(43)35(7,8)9)22(40)26(48-18)50-23-19(17-47-29(42)34(4,5)6)49-27(53-32(45)37(13,14)15)25(21(23)39)52-31(44)36(10,11)12/h18-27,38-40H,16-17H2,1-15H3/t18-,19-,20+,21+,22-,23-,24+,25-,26+,27+/m1/s1. The van der Waals surface area contributed by atoms with Crippen LogP contribution in [-0.2, 0) is 61.9 Å². The molecular weight excluding hydrogens is 700 g/mol. The fraction of sp³-hybridized carbons (Fsp3) is 0.865. The molecule has 3 N–H and O–H groups in total. The van der Waals surface area contributed by atoms with Crippen LogP contribution in [0.25, 0.3) is 0 Å². The van der Waals surface area contributed by atoms with Gasteiger partial charge in [-0.1, -0.05) is 0 Å². The summed E-state index contributed by atoms with van der Waals surface area (Å²) < 4.78 is 45.8. The van der Waals surface area contributed by atoms with Crippen molar-refractivity contribution in [3.63, 3.8) is 0 Å². The van der Waals surface area contributed by atoms with Gasteiger partial charge in [0.05, 0.1) is 27.1 Å². The first-order valence-corrected chi connectivity index (χ1v) is 17.7. The summed E-state index contributed by atoms with van der Waals surface area (Å²) in [6.07, 6.45) is -17.0. The van der Waals surface area contributed by atoms with E-state index in [0.717, 1.165) is 0 Å². The average molecular weight is 763 g/mol. The van der Waals surface area contributed by atoms with Crippen LogP contribution in [-0.4, -0.2) is 120 Å². The van der Waals surface area contributed by atoms with E-state index in [-0.39, 0.29) is 0 Å². The van der Waals surface area contributed by atoms with E-state index < -0.39 is 132 Å². The minimum Gasteiger partial charge on any atom is -0.462 e. The molecule has 2 aliphatic rings. The predicted molar refractivity (Wildman–Crippen MR) is 185 cm³/mol. The molecule has 0 amide bonds. The van der Waals surface area contributed by atoms with Crippen molar-refractivity contribution < 1.29 is 77.2 Å². The highest BCUT2D eigenvalue weighted by Crippen LogP contribution is 2.35. The summed E-state index contributed by atoms with van der Waals surface area (Å²) in [6, 6.07) is 0. The van der Waals surface area contributed by atoms with Crippen LogP contribution in [0.5, 0.6) is 0 Å². The molecule has 10 atom stereocenters. The van der Waals surface area contributed by atoms with Crippen molar-refractivity contribution in [1.29, 1.82) is 0 Å². The first kappa shape index (κ1) is 46.3. The Balaban J connectivity index is 2.63. The molecular formula is C37H62O16. The van der Waals surface area contributed by atoms with E-state index in [2.05, 4.69) is 0 Å². The second-order valence-corrected chi connectivity index (χ2v) is 18.8. The minimum atomic E-state index is -1.91. The lowest BCUT2D eigenvalue weighted by Gasteiger charge is -2.47. The zero-order valence-electron chi connectivity index (χ0n) is 33.8. The van der Waals surface area contributed by atoms with Gasteiger partial charge in [-0.2, -0.15) is 0 Å². The minimum absolute atomic E-state index is 0.555. The Morgan fingerprint density at radius 2 is 0.792 bits per heavy atom. The summed E-state index contributed by atoms with van der Waals surface area (Å²) in [6.45, 7) is 22.6. The number of aliphatic hydroxyl groups excluding tert-OH is 3. The first-order chi connectivity index (χ1) is 23.8. The van der Waals surface area contributed by atoms with Crippen molar-refractivity contribution in [3.05, 3.63) is 0 Å². The molecule has 0 saturated carbocycles. The van der Waals surface area contributed by atoms with Crippen LogP contribution in [0.1, 0.15) is 104 Å². The maximum atomic E-state index is 13.1. The van der Waals surface area contributed by atoms with Crippen molar-refractivity contribution in [1.82, 2.24) is 0 Å². The first-order valence-electron chi connectivity index (χ1n) is 17.7. The van der Waals surface area contributed by atoms with Gasteiger partial charge >= 0.3 is 29.8 Å². The quantitative estimate of drug-likeness (QED) is 0.227. The normalized spacial score (nSPS) is 30.2. The summed E-state index contributed by atoms with van der Waals surface area (Å²) >= 11 is 0. The van der Waals surface area contributed by atoms with Gasteiger partial charge in [0.1, 0.15) is 49.8 Å². The van der Waals surface area contributed by atoms with E-state index >= 15 is 0 Å². The fourth-order valence-electron chi connectivity index (χ4n) is 4.50. The molecule has 0 aromatic carbocycles. The molecule has 0 radical (unpaired) electrons. The van der Waals surface area contributed by atoms with Gasteiger partial charge in [0, 0.05) is 0 Å². The van der Waals surface area contributed by atoms with E-state index in [0.29, 0.717) is 0 Å². The molecule has 16 nitrogen and oxygen atoms in total. The number of hydrogen-bond acceptors (Lipinski definition) is 16. The lowest BCUT2D eigenvalue weighted by atomic mass is 9.94. The van der Waals surface area contributed by atoms with E-state index in [1.165, 1.54) is 0 Å². The number of hydrogen-bond donors (Lipinski definition) is 3. The molecule has 0 spiro atoms. The Labute approximate surface area is 312 Å². The monoisotopic (exact) mass is 762 g/mol. The molecule has 0 aromatic rings. The summed E-state index contributed by atoms with van der Waals surface area (Å²) in [7, 11) is 0. The Morgan fingerprint density at radius 3 is 1.21 bits per heavy atom. The molecule has 306 valence electrons. The zero-order chi connectivity index (χ0) is 41.2. The average Bonchev–Trinajstić information content (AvgIpc) is 2.98. The van der Waals surface area contributed by atoms with Crippen LogP contribution >= 0.6 is 0 Å².